The molecule has 1 N–H and O–H groups in total. The smallest absolute Gasteiger partial charge is 0.337 e. The molecule has 0 unspecified atom stereocenters. The van der Waals surface area contributed by atoms with E-state index in [1.165, 1.54) is 23.8 Å². The number of pyridine rings is 1. The molecule has 0 fully saturated rings. The first-order valence-corrected chi connectivity index (χ1v) is 8.22. The molecule has 0 radical (unpaired) electrons. The van der Waals surface area contributed by atoms with Crippen molar-refractivity contribution in [1.29, 1.82) is 0 Å². The normalized spacial score (nSPS) is 10.4. The number of methoxy groups -OCH3 is 1. The van der Waals surface area contributed by atoms with Gasteiger partial charge in [0.25, 0.3) is 11.5 Å². The minimum atomic E-state index is -0.487. The number of benzene rings is 1. The maximum absolute atomic E-state index is 12.5. The van der Waals surface area contributed by atoms with Crippen molar-refractivity contribution in [2.45, 2.75) is 13.5 Å². The summed E-state index contributed by atoms with van der Waals surface area (Å²) in [6.45, 7) is 2.04. The minimum absolute atomic E-state index is 0.108. The van der Waals surface area contributed by atoms with Crippen LogP contribution in [-0.2, 0) is 11.3 Å². The Morgan fingerprint density at radius 3 is 2.70 bits per heavy atom. The fourth-order valence-corrected chi connectivity index (χ4v) is 2.53. The van der Waals surface area contributed by atoms with Gasteiger partial charge in [-0.2, -0.15) is 0 Å². The predicted octanol–water partition coefficient (Wildman–Crippen LogP) is 2.84. The Hall–Kier alpha value is -3.61. The Kier molecular flexibility index (Phi) is 5.21. The first-order chi connectivity index (χ1) is 13.0. The molecule has 1 aromatic carbocycles. The maximum atomic E-state index is 12.5. The van der Waals surface area contributed by atoms with Crippen molar-refractivity contribution >= 4 is 17.6 Å². The molecule has 27 heavy (non-hydrogen) atoms. The lowest BCUT2D eigenvalue weighted by Crippen LogP contribution is -2.18. The van der Waals surface area contributed by atoms with Crippen LogP contribution in [0.4, 0.5) is 5.69 Å². The van der Waals surface area contributed by atoms with Crippen LogP contribution in [0.1, 0.15) is 32.2 Å². The number of esters is 1. The highest BCUT2D eigenvalue weighted by molar-refractivity contribution is 6.03. The van der Waals surface area contributed by atoms with E-state index in [2.05, 4.69) is 5.32 Å². The number of ether oxygens (including phenoxy) is 1. The van der Waals surface area contributed by atoms with Gasteiger partial charge >= 0.3 is 5.97 Å². The molecule has 1 amide bonds. The van der Waals surface area contributed by atoms with Gasteiger partial charge in [-0.3, -0.25) is 9.59 Å². The number of aromatic nitrogens is 1. The number of carbonyl (C=O) groups is 2. The molecule has 0 atom stereocenters. The molecule has 2 heterocycles. The lowest BCUT2D eigenvalue weighted by molar-refractivity contribution is 0.0600. The topological polar surface area (TPSA) is 90.5 Å². The van der Waals surface area contributed by atoms with Crippen LogP contribution in [0.5, 0.6) is 0 Å². The van der Waals surface area contributed by atoms with Crippen molar-refractivity contribution in [2.75, 3.05) is 12.4 Å². The standard InChI is InChI=1S/C20H18N2O5/c1-13-6-7-14(20(25)26-2)11-16(13)21-19(24)17-9-8-15(27-17)12-22-10-4-3-5-18(22)23/h3-11H,12H2,1-2H3,(H,21,24). The first kappa shape index (κ1) is 18.2. The molecule has 2 aromatic heterocycles. The second-order valence-electron chi connectivity index (χ2n) is 5.91. The van der Waals surface area contributed by atoms with Crippen LogP contribution < -0.4 is 10.9 Å². The largest absolute Gasteiger partial charge is 0.465 e. The molecule has 0 saturated heterocycles. The van der Waals surface area contributed by atoms with Crippen LogP contribution in [0.3, 0.4) is 0 Å². The zero-order chi connectivity index (χ0) is 19.4. The number of nitrogens with zero attached hydrogens (tertiary/aromatic N) is 1. The number of furan rings is 1. The highest BCUT2D eigenvalue weighted by Gasteiger charge is 2.15. The quantitative estimate of drug-likeness (QED) is 0.701. The molecular weight excluding hydrogens is 348 g/mol. The summed E-state index contributed by atoms with van der Waals surface area (Å²) in [7, 11) is 1.29. The Morgan fingerprint density at radius 2 is 1.96 bits per heavy atom. The highest BCUT2D eigenvalue weighted by Crippen LogP contribution is 2.19. The van der Waals surface area contributed by atoms with Crippen molar-refractivity contribution in [3.8, 4) is 0 Å². The molecule has 0 saturated carbocycles. The van der Waals surface area contributed by atoms with E-state index in [-0.39, 0.29) is 17.9 Å². The molecule has 138 valence electrons. The molecule has 0 spiro atoms. The van der Waals surface area contributed by atoms with Gasteiger partial charge in [-0.1, -0.05) is 12.1 Å². The van der Waals surface area contributed by atoms with Crippen molar-refractivity contribution in [3.63, 3.8) is 0 Å². The van der Waals surface area contributed by atoms with E-state index in [0.717, 1.165) is 5.56 Å². The average molecular weight is 366 g/mol. The van der Waals surface area contributed by atoms with Crippen molar-refractivity contribution in [1.82, 2.24) is 4.57 Å². The van der Waals surface area contributed by atoms with E-state index >= 15 is 0 Å². The number of hydrogen-bond acceptors (Lipinski definition) is 5. The van der Waals surface area contributed by atoms with Crippen LogP contribution in [0, 0.1) is 6.92 Å². The number of hydrogen-bond donors (Lipinski definition) is 1. The maximum Gasteiger partial charge on any atom is 0.337 e. The molecule has 7 heteroatoms. The van der Waals surface area contributed by atoms with E-state index in [0.29, 0.717) is 17.0 Å². The number of rotatable bonds is 5. The summed E-state index contributed by atoms with van der Waals surface area (Å²) in [5, 5.41) is 2.73. The number of aryl methyl sites for hydroxylation is 1. The molecule has 3 rings (SSSR count). The third-order valence-electron chi connectivity index (χ3n) is 4.02. The SMILES string of the molecule is COC(=O)c1ccc(C)c(NC(=O)c2ccc(Cn3ccccc3=O)o2)c1. The van der Waals surface area contributed by atoms with Crippen LogP contribution in [0.25, 0.3) is 0 Å². The summed E-state index contributed by atoms with van der Waals surface area (Å²) in [6, 6.07) is 12.9. The van der Waals surface area contributed by atoms with E-state index in [4.69, 9.17) is 9.15 Å². The van der Waals surface area contributed by atoms with Crippen molar-refractivity contribution < 1.29 is 18.7 Å². The fraction of sp³-hybridized carbons (Fsp3) is 0.150. The Morgan fingerprint density at radius 1 is 1.15 bits per heavy atom. The summed E-state index contributed by atoms with van der Waals surface area (Å²) in [4.78, 5) is 35.9. The third kappa shape index (κ3) is 4.14. The summed E-state index contributed by atoms with van der Waals surface area (Å²) in [6.07, 6.45) is 1.65. The van der Waals surface area contributed by atoms with Gasteiger partial charge in [-0.25, -0.2) is 4.79 Å². The van der Waals surface area contributed by atoms with E-state index in [1.807, 2.05) is 6.92 Å². The van der Waals surface area contributed by atoms with Gasteiger partial charge in [-0.15, -0.1) is 0 Å². The van der Waals surface area contributed by atoms with E-state index in [9.17, 15) is 14.4 Å². The van der Waals surface area contributed by atoms with Gasteiger partial charge in [0.15, 0.2) is 5.76 Å². The summed E-state index contributed by atoms with van der Waals surface area (Å²) in [5.41, 5.74) is 1.45. The van der Waals surface area contributed by atoms with Crippen LogP contribution in [-0.4, -0.2) is 23.6 Å². The number of amides is 1. The van der Waals surface area contributed by atoms with Gasteiger partial charge in [0.2, 0.25) is 0 Å². The van der Waals surface area contributed by atoms with Gasteiger partial charge in [0.05, 0.1) is 19.2 Å². The Labute approximate surface area is 155 Å². The minimum Gasteiger partial charge on any atom is -0.465 e. The highest BCUT2D eigenvalue weighted by atomic mass is 16.5. The monoisotopic (exact) mass is 366 g/mol. The first-order valence-electron chi connectivity index (χ1n) is 8.22. The molecule has 0 bridgehead atoms. The summed E-state index contributed by atoms with van der Waals surface area (Å²) >= 11 is 0. The number of nitrogens with one attached hydrogen (secondary N) is 1. The molecule has 0 aliphatic heterocycles. The van der Waals surface area contributed by atoms with E-state index < -0.39 is 11.9 Å². The second kappa shape index (κ2) is 7.74. The zero-order valence-electron chi connectivity index (χ0n) is 14.9. The third-order valence-corrected chi connectivity index (χ3v) is 4.02. The lowest BCUT2D eigenvalue weighted by Gasteiger charge is -2.09. The Bertz CT molecular complexity index is 1050. The zero-order valence-corrected chi connectivity index (χ0v) is 14.9. The average Bonchev–Trinajstić information content (AvgIpc) is 3.13. The van der Waals surface area contributed by atoms with Crippen LogP contribution >= 0.6 is 0 Å². The van der Waals surface area contributed by atoms with Crippen molar-refractivity contribution in [3.05, 3.63) is 87.7 Å². The van der Waals surface area contributed by atoms with Crippen molar-refractivity contribution in [2.24, 2.45) is 0 Å². The van der Waals surface area contributed by atoms with Crippen LogP contribution in [0.15, 0.2) is 63.9 Å². The Balaban J connectivity index is 1.76. The lowest BCUT2D eigenvalue weighted by atomic mass is 10.1. The molecule has 3 aromatic rings. The van der Waals surface area contributed by atoms with Gasteiger partial charge in [-0.05, 0) is 42.8 Å². The summed E-state index contributed by atoms with van der Waals surface area (Å²) < 4.78 is 11.7. The predicted molar refractivity (Wildman–Crippen MR) is 99.0 cm³/mol. The van der Waals surface area contributed by atoms with E-state index in [1.54, 1.807) is 42.6 Å². The fourth-order valence-electron chi connectivity index (χ4n) is 2.53. The van der Waals surface area contributed by atoms with Gasteiger partial charge in [0, 0.05) is 18.0 Å². The second-order valence-corrected chi connectivity index (χ2v) is 5.91. The molecule has 7 nitrogen and oxygen atoms in total. The van der Waals surface area contributed by atoms with Crippen LogP contribution in [0.2, 0.25) is 0 Å². The number of carbonyl (C=O) groups excluding carboxylic acids is 2. The molecule has 0 aliphatic rings. The molecular formula is C20H18N2O5. The molecule has 0 aliphatic carbocycles. The number of anilines is 1. The summed E-state index contributed by atoms with van der Waals surface area (Å²) in [5.74, 6) is -0.351. The van der Waals surface area contributed by atoms with Gasteiger partial charge in [0.1, 0.15) is 5.76 Å². The van der Waals surface area contributed by atoms with Gasteiger partial charge < -0.3 is 19.0 Å².